The highest BCUT2D eigenvalue weighted by molar-refractivity contribution is 7.90. The standard InChI is InChI=1S/C52H82N10O7S2/c1-38(15-20-51(5,6)48-55-44-34-42(56(9)70(64,65)59-23-21-53-22-24-59)12-14-46(44)62(48)37-40-18-31-69-32-19-40)35-52(7,8)49(63)58-25-27-60(28-26-58)71(66,67)57(10)41-11-13-45-43(33-41)54-47(50(2,3)4)61(45)36-39-16-29-68-30-17-39/h11-14,33-34,38-40,53H,15-32,35-37H2,1-10H3/t38-/m0/s1. The maximum absolute atomic E-state index is 14.3. The summed E-state index contributed by atoms with van der Waals surface area (Å²) in [6, 6.07) is 11.6. The van der Waals surface area contributed by atoms with Crippen LogP contribution in [0, 0.1) is 23.2 Å². The van der Waals surface area contributed by atoms with E-state index in [4.69, 9.17) is 19.4 Å². The molecule has 1 amide bonds. The van der Waals surface area contributed by atoms with Gasteiger partial charge in [0.2, 0.25) is 5.91 Å². The van der Waals surface area contributed by atoms with E-state index >= 15 is 0 Å². The molecule has 4 saturated heterocycles. The van der Waals surface area contributed by atoms with Crippen LogP contribution in [0.1, 0.15) is 112 Å². The predicted octanol–water partition coefficient (Wildman–Crippen LogP) is 6.76. The molecule has 0 saturated carbocycles. The van der Waals surface area contributed by atoms with Gasteiger partial charge < -0.3 is 28.8 Å². The van der Waals surface area contributed by atoms with Gasteiger partial charge in [-0.25, -0.2) is 9.97 Å². The van der Waals surface area contributed by atoms with Gasteiger partial charge in [-0.15, -0.1) is 0 Å². The Morgan fingerprint density at radius 2 is 1.14 bits per heavy atom. The summed E-state index contributed by atoms with van der Waals surface area (Å²) in [5.41, 5.74) is 3.53. The van der Waals surface area contributed by atoms with E-state index in [0.29, 0.717) is 68.9 Å². The zero-order valence-electron chi connectivity index (χ0n) is 44.2. The van der Waals surface area contributed by atoms with Crippen LogP contribution in [-0.4, -0.2) is 148 Å². The summed E-state index contributed by atoms with van der Waals surface area (Å²) < 4.78 is 77.4. The number of fused-ring (bicyclic) bond motifs is 2. The van der Waals surface area contributed by atoms with Crippen LogP contribution >= 0.6 is 0 Å². The van der Waals surface area contributed by atoms with Crippen LogP contribution in [0.15, 0.2) is 36.4 Å². The average molecular weight is 1020 g/mol. The van der Waals surface area contributed by atoms with E-state index in [9.17, 15) is 21.6 Å². The summed E-state index contributed by atoms with van der Waals surface area (Å²) in [6.07, 6.45) is 6.38. The molecule has 0 unspecified atom stereocenters. The van der Waals surface area contributed by atoms with Crippen LogP contribution in [0.2, 0.25) is 0 Å². The van der Waals surface area contributed by atoms with Gasteiger partial charge >= 0.3 is 20.4 Å². The van der Waals surface area contributed by atoms with Crippen molar-refractivity contribution in [1.82, 2.24) is 37.9 Å². The fourth-order valence-corrected chi connectivity index (χ4v) is 14.0. The van der Waals surface area contributed by atoms with Crippen molar-refractivity contribution >= 4 is 59.8 Å². The van der Waals surface area contributed by atoms with Crippen molar-refractivity contribution in [3.8, 4) is 0 Å². The largest absolute Gasteiger partial charge is 0.381 e. The predicted molar refractivity (Wildman–Crippen MR) is 282 cm³/mol. The van der Waals surface area contributed by atoms with Gasteiger partial charge in [0.25, 0.3) is 0 Å². The van der Waals surface area contributed by atoms with Crippen molar-refractivity contribution < 1.29 is 31.1 Å². The zero-order chi connectivity index (χ0) is 51.1. The molecule has 0 aliphatic carbocycles. The Bertz CT molecular complexity index is 2720. The fourth-order valence-electron chi connectivity index (χ4n) is 11.3. The van der Waals surface area contributed by atoms with Gasteiger partial charge in [-0.3, -0.25) is 13.4 Å². The van der Waals surface area contributed by atoms with Gasteiger partial charge in [0.05, 0.1) is 33.4 Å². The van der Waals surface area contributed by atoms with Crippen LogP contribution in [0.3, 0.4) is 0 Å². The molecule has 4 fully saturated rings. The number of carbonyl (C=O) groups is 1. The van der Waals surface area contributed by atoms with Gasteiger partial charge in [0, 0.05) is 122 Å². The van der Waals surface area contributed by atoms with Gasteiger partial charge in [0.15, 0.2) is 0 Å². The van der Waals surface area contributed by atoms with E-state index < -0.39 is 25.8 Å². The first-order valence-corrected chi connectivity index (χ1v) is 28.9. The lowest BCUT2D eigenvalue weighted by Gasteiger charge is -2.40. The maximum Gasteiger partial charge on any atom is 0.303 e. The Morgan fingerprint density at radius 3 is 1.62 bits per heavy atom. The Morgan fingerprint density at radius 1 is 0.690 bits per heavy atom. The summed E-state index contributed by atoms with van der Waals surface area (Å²) in [5.74, 6) is 3.19. The van der Waals surface area contributed by atoms with E-state index in [1.165, 1.54) is 17.2 Å². The molecule has 6 heterocycles. The van der Waals surface area contributed by atoms with E-state index in [2.05, 4.69) is 56.0 Å². The van der Waals surface area contributed by atoms with E-state index in [0.717, 1.165) is 112 Å². The number of imidazole rings is 2. The number of benzene rings is 2. The number of aromatic nitrogens is 4. The Labute approximate surface area is 424 Å². The van der Waals surface area contributed by atoms with Gasteiger partial charge in [0.1, 0.15) is 11.6 Å². The smallest absolute Gasteiger partial charge is 0.303 e. The molecule has 394 valence electrons. The lowest BCUT2D eigenvalue weighted by atomic mass is 9.77. The molecule has 0 bridgehead atoms. The van der Waals surface area contributed by atoms with E-state index in [1.54, 1.807) is 14.1 Å². The van der Waals surface area contributed by atoms with Gasteiger partial charge in [-0.2, -0.15) is 25.4 Å². The molecule has 19 heteroatoms. The molecule has 8 rings (SSSR count). The number of nitrogens with zero attached hydrogens (tertiary/aromatic N) is 9. The van der Waals surface area contributed by atoms with Gasteiger partial charge in [-0.1, -0.05) is 55.4 Å². The molecule has 2 aromatic carbocycles. The van der Waals surface area contributed by atoms with Crippen molar-refractivity contribution in [1.29, 1.82) is 0 Å². The number of ether oxygens (including phenoxy) is 2. The summed E-state index contributed by atoms with van der Waals surface area (Å²) in [4.78, 5) is 26.5. The van der Waals surface area contributed by atoms with Crippen LogP contribution in [0.5, 0.6) is 0 Å². The Kier molecular flexibility index (Phi) is 15.9. The number of carbonyl (C=O) groups excluding carboxylic acids is 1. The molecular weight excluding hydrogens is 941 g/mol. The number of piperazine rings is 2. The van der Waals surface area contributed by atoms with Crippen LogP contribution in [-0.2, 0) is 58.6 Å². The molecule has 4 aromatic rings. The normalized spacial score (nSPS) is 19.7. The molecule has 0 radical (unpaired) electrons. The van der Waals surface area contributed by atoms with Crippen LogP contribution < -0.4 is 13.9 Å². The average Bonchev–Trinajstić information content (AvgIpc) is 3.91. The molecular formula is C52H82N10O7S2. The minimum Gasteiger partial charge on any atom is -0.381 e. The molecule has 4 aliphatic rings. The van der Waals surface area contributed by atoms with E-state index in [-0.39, 0.29) is 35.7 Å². The van der Waals surface area contributed by atoms with Crippen LogP contribution in [0.4, 0.5) is 11.4 Å². The van der Waals surface area contributed by atoms with Crippen molar-refractivity contribution in [3.05, 3.63) is 48.0 Å². The van der Waals surface area contributed by atoms with Crippen molar-refractivity contribution in [2.45, 2.75) is 124 Å². The van der Waals surface area contributed by atoms with Gasteiger partial charge in [-0.05, 0) is 99.1 Å². The van der Waals surface area contributed by atoms with Crippen LogP contribution in [0.25, 0.3) is 22.1 Å². The second-order valence-electron chi connectivity index (χ2n) is 23.2. The second-order valence-corrected chi connectivity index (χ2v) is 27.1. The number of anilines is 2. The summed E-state index contributed by atoms with van der Waals surface area (Å²) in [6.45, 7) is 25.1. The first-order valence-electron chi connectivity index (χ1n) is 26.1. The molecule has 71 heavy (non-hydrogen) atoms. The lowest BCUT2D eigenvalue weighted by Crippen LogP contribution is -2.55. The molecule has 0 spiro atoms. The third-order valence-corrected chi connectivity index (χ3v) is 19.5. The minimum absolute atomic E-state index is 0.0449. The fraction of sp³-hybridized carbons (Fsp3) is 0.712. The number of nitrogens with one attached hydrogen (secondary N) is 1. The SMILES string of the molecule is C[C@@H](CCC(C)(C)c1nc2cc(N(C)S(=O)(=O)N3CCNCC3)ccc2n1CC1CCOCC1)CC(C)(C)C(=O)N1CCN(S(=O)(=O)N(C)c2ccc3c(c2)nc(C(C)(C)C)n3CC2CCOCC2)CC1. The van der Waals surface area contributed by atoms with Crippen molar-refractivity contribution in [2.75, 3.05) is 101 Å². The topological polar surface area (TPSA) is 168 Å². The molecule has 17 nitrogen and oxygen atoms in total. The summed E-state index contributed by atoms with van der Waals surface area (Å²) >= 11 is 0. The summed E-state index contributed by atoms with van der Waals surface area (Å²) in [7, 11) is -4.36. The number of hydrogen-bond donors (Lipinski definition) is 1. The monoisotopic (exact) mass is 1020 g/mol. The quantitative estimate of drug-likeness (QED) is 0.119. The summed E-state index contributed by atoms with van der Waals surface area (Å²) in [5, 5.41) is 3.23. The molecule has 1 atom stereocenters. The number of hydrogen-bond acceptors (Lipinski definition) is 10. The first-order chi connectivity index (χ1) is 33.5. The van der Waals surface area contributed by atoms with Crippen molar-refractivity contribution in [2.24, 2.45) is 23.2 Å². The zero-order valence-corrected chi connectivity index (χ0v) is 45.9. The maximum atomic E-state index is 14.3. The number of amides is 1. The highest BCUT2D eigenvalue weighted by atomic mass is 32.2. The minimum atomic E-state index is -3.89. The lowest BCUT2D eigenvalue weighted by molar-refractivity contribution is -0.142. The highest BCUT2D eigenvalue weighted by Gasteiger charge is 2.39. The Hall–Kier alpha value is -3.85. The first kappa shape index (κ1) is 53.4. The molecule has 2 aromatic heterocycles. The third-order valence-electron chi connectivity index (χ3n) is 15.7. The van der Waals surface area contributed by atoms with E-state index in [1.807, 2.05) is 55.1 Å². The third kappa shape index (κ3) is 11.6. The highest BCUT2D eigenvalue weighted by Crippen LogP contribution is 2.38. The van der Waals surface area contributed by atoms with Crippen molar-refractivity contribution in [3.63, 3.8) is 0 Å². The number of rotatable bonds is 17. The second kappa shape index (κ2) is 21.2. The Balaban J connectivity index is 0.897. The molecule has 4 aliphatic heterocycles. The molecule has 1 N–H and O–H groups in total.